The number of nitrogens with two attached hydrogens (primary N) is 1. The molecule has 1 aliphatic rings. The summed E-state index contributed by atoms with van der Waals surface area (Å²) in [7, 11) is 1.36. The van der Waals surface area contributed by atoms with Crippen molar-refractivity contribution in [3.8, 4) is 0 Å². The summed E-state index contributed by atoms with van der Waals surface area (Å²) in [5.74, 6) is 0.668. The fourth-order valence-electron chi connectivity index (χ4n) is 1.90. The highest BCUT2D eigenvalue weighted by Crippen LogP contribution is 2.15. The zero-order valence-electron chi connectivity index (χ0n) is 10.3. The van der Waals surface area contributed by atoms with Crippen molar-refractivity contribution < 1.29 is 9.53 Å². The van der Waals surface area contributed by atoms with Crippen molar-refractivity contribution in [3.05, 3.63) is 18.0 Å². The first-order valence-electron chi connectivity index (χ1n) is 5.83. The summed E-state index contributed by atoms with van der Waals surface area (Å²) in [4.78, 5) is 21.6. The Morgan fingerprint density at radius 3 is 2.94 bits per heavy atom. The second kappa shape index (κ2) is 5.63. The van der Waals surface area contributed by atoms with Gasteiger partial charge in [0.25, 0.3) is 0 Å². The molecular formula is C11H17N5O2. The Hall–Kier alpha value is -1.89. The van der Waals surface area contributed by atoms with Gasteiger partial charge in [0.05, 0.1) is 13.2 Å². The monoisotopic (exact) mass is 251 g/mol. The van der Waals surface area contributed by atoms with Crippen molar-refractivity contribution in [2.75, 3.05) is 25.1 Å². The number of anilines is 1. The topological polar surface area (TPSA) is 93.4 Å². The van der Waals surface area contributed by atoms with E-state index in [0.717, 1.165) is 18.5 Å². The van der Waals surface area contributed by atoms with Crippen LogP contribution in [0.15, 0.2) is 12.4 Å². The number of alkyl carbamates (subject to hydrolysis) is 1. The minimum Gasteiger partial charge on any atom is -0.453 e. The molecule has 1 amide bonds. The Bertz CT molecular complexity index is 408. The van der Waals surface area contributed by atoms with Gasteiger partial charge in [0.15, 0.2) is 0 Å². The summed E-state index contributed by atoms with van der Waals surface area (Å²) in [6.45, 7) is 1.94. The fourth-order valence-corrected chi connectivity index (χ4v) is 1.90. The molecule has 1 fully saturated rings. The Kier molecular flexibility index (Phi) is 3.93. The standard InChI is InChI=1S/C11H17N5O2/c1-18-11(17)15-9-2-3-16(7-9)10-13-5-8(4-12)6-14-10/h5-6,9H,2-4,7,12H2,1H3,(H,15,17). The van der Waals surface area contributed by atoms with E-state index < -0.39 is 6.09 Å². The predicted octanol–water partition coefficient (Wildman–Crippen LogP) is -0.130. The number of carbonyl (C=O) groups is 1. The average Bonchev–Trinajstić information content (AvgIpc) is 2.87. The van der Waals surface area contributed by atoms with Crippen LogP contribution in [0.25, 0.3) is 0 Å². The molecule has 1 saturated heterocycles. The van der Waals surface area contributed by atoms with Gasteiger partial charge in [0, 0.05) is 37.6 Å². The third-order valence-corrected chi connectivity index (χ3v) is 2.91. The number of carbonyl (C=O) groups excluding carboxylic acids is 1. The maximum atomic E-state index is 11.1. The largest absolute Gasteiger partial charge is 0.453 e. The van der Waals surface area contributed by atoms with E-state index in [1.807, 2.05) is 4.90 Å². The highest BCUT2D eigenvalue weighted by molar-refractivity contribution is 5.67. The molecule has 0 radical (unpaired) electrons. The van der Waals surface area contributed by atoms with Gasteiger partial charge in [0.1, 0.15) is 0 Å². The van der Waals surface area contributed by atoms with Crippen LogP contribution in [-0.2, 0) is 11.3 Å². The smallest absolute Gasteiger partial charge is 0.407 e. The number of hydrogen-bond donors (Lipinski definition) is 2. The number of nitrogens with zero attached hydrogens (tertiary/aromatic N) is 3. The Labute approximate surface area is 105 Å². The molecule has 7 nitrogen and oxygen atoms in total. The Balaban J connectivity index is 1.93. The van der Waals surface area contributed by atoms with E-state index in [4.69, 9.17) is 5.73 Å². The molecule has 18 heavy (non-hydrogen) atoms. The van der Waals surface area contributed by atoms with Gasteiger partial charge in [-0.25, -0.2) is 14.8 Å². The summed E-state index contributed by atoms with van der Waals surface area (Å²) < 4.78 is 4.57. The lowest BCUT2D eigenvalue weighted by Crippen LogP contribution is -2.37. The molecule has 1 atom stereocenters. The zero-order chi connectivity index (χ0) is 13.0. The van der Waals surface area contributed by atoms with Gasteiger partial charge in [0.2, 0.25) is 5.95 Å². The van der Waals surface area contributed by atoms with Crippen molar-refractivity contribution >= 4 is 12.0 Å². The van der Waals surface area contributed by atoms with Gasteiger partial charge in [-0.15, -0.1) is 0 Å². The van der Waals surface area contributed by atoms with E-state index in [2.05, 4.69) is 20.0 Å². The van der Waals surface area contributed by atoms with Crippen LogP contribution in [-0.4, -0.2) is 42.3 Å². The quantitative estimate of drug-likeness (QED) is 0.777. The molecule has 0 spiro atoms. The second-order valence-corrected chi connectivity index (χ2v) is 4.16. The first-order valence-corrected chi connectivity index (χ1v) is 5.83. The summed E-state index contributed by atoms with van der Waals surface area (Å²) in [6, 6.07) is 0.0789. The van der Waals surface area contributed by atoms with Crippen molar-refractivity contribution in [1.29, 1.82) is 0 Å². The van der Waals surface area contributed by atoms with E-state index in [-0.39, 0.29) is 6.04 Å². The zero-order valence-corrected chi connectivity index (χ0v) is 10.3. The van der Waals surface area contributed by atoms with Crippen molar-refractivity contribution in [3.63, 3.8) is 0 Å². The van der Waals surface area contributed by atoms with Crippen molar-refractivity contribution in [1.82, 2.24) is 15.3 Å². The van der Waals surface area contributed by atoms with Gasteiger partial charge in [-0.3, -0.25) is 0 Å². The number of aromatic nitrogens is 2. The SMILES string of the molecule is COC(=O)NC1CCN(c2ncc(CN)cn2)C1. The van der Waals surface area contributed by atoms with Crippen LogP contribution < -0.4 is 16.0 Å². The molecule has 0 saturated carbocycles. The van der Waals surface area contributed by atoms with E-state index >= 15 is 0 Å². The molecule has 7 heteroatoms. The van der Waals surface area contributed by atoms with Crippen LogP contribution in [0.3, 0.4) is 0 Å². The number of methoxy groups -OCH3 is 1. The average molecular weight is 251 g/mol. The number of rotatable bonds is 3. The van der Waals surface area contributed by atoms with Gasteiger partial charge in [-0.2, -0.15) is 0 Å². The molecule has 1 aromatic heterocycles. The molecule has 1 aromatic rings. The molecule has 1 unspecified atom stereocenters. The van der Waals surface area contributed by atoms with Crippen LogP contribution >= 0.6 is 0 Å². The van der Waals surface area contributed by atoms with Crippen LogP contribution in [0.2, 0.25) is 0 Å². The van der Waals surface area contributed by atoms with Crippen LogP contribution in [0.1, 0.15) is 12.0 Å². The van der Waals surface area contributed by atoms with E-state index in [1.165, 1.54) is 7.11 Å². The van der Waals surface area contributed by atoms with Crippen LogP contribution in [0, 0.1) is 0 Å². The Morgan fingerprint density at radius 2 is 2.33 bits per heavy atom. The molecule has 2 heterocycles. The van der Waals surface area contributed by atoms with Gasteiger partial charge >= 0.3 is 6.09 Å². The summed E-state index contributed by atoms with van der Waals surface area (Å²) >= 11 is 0. The highest BCUT2D eigenvalue weighted by atomic mass is 16.5. The number of hydrogen-bond acceptors (Lipinski definition) is 6. The summed E-state index contributed by atoms with van der Waals surface area (Å²) in [5.41, 5.74) is 6.40. The minimum absolute atomic E-state index is 0.0789. The molecule has 0 bridgehead atoms. The minimum atomic E-state index is -0.402. The fraction of sp³-hybridized carbons (Fsp3) is 0.545. The number of nitrogens with one attached hydrogen (secondary N) is 1. The second-order valence-electron chi connectivity index (χ2n) is 4.16. The normalized spacial score (nSPS) is 18.8. The molecule has 98 valence electrons. The highest BCUT2D eigenvalue weighted by Gasteiger charge is 2.25. The maximum Gasteiger partial charge on any atom is 0.407 e. The van der Waals surface area contributed by atoms with Gasteiger partial charge in [-0.05, 0) is 6.42 Å². The first kappa shape index (κ1) is 12.6. The van der Waals surface area contributed by atoms with Crippen LogP contribution in [0.4, 0.5) is 10.7 Å². The lowest BCUT2D eigenvalue weighted by molar-refractivity contribution is 0.167. The molecular weight excluding hydrogens is 234 g/mol. The van der Waals surface area contributed by atoms with Gasteiger partial charge < -0.3 is 20.7 Å². The molecule has 0 aliphatic carbocycles. The van der Waals surface area contributed by atoms with Gasteiger partial charge in [-0.1, -0.05) is 0 Å². The van der Waals surface area contributed by atoms with E-state index in [0.29, 0.717) is 19.0 Å². The number of ether oxygens (including phenoxy) is 1. The third kappa shape index (κ3) is 2.86. The molecule has 3 N–H and O–H groups in total. The van der Waals surface area contributed by atoms with E-state index in [9.17, 15) is 4.79 Å². The number of amides is 1. The molecule has 0 aromatic carbocycles. The Morgan fingerprint density at radius 1 is 1.61 bits per heavy atom. The first-order chi connectivity index (χ1) is 8.72. The molecule has 1 aliphatic heterocycles. The summed E-state index contributed by atoms with van der Waals surface area (Å²) in [5, 5.41) is 2.77. The predicted molar refractivity (Wildman–Crippen MR) is 66.1 cm³/mol. The maximum absolute atomic E-state index is 11.1. The summed E-state index contributed by atoms with van der Waals surface area (Å²) in [6.07, 6.45) is 3.91. The lowest BCUT2D eigenvalue weighted by Gasteiger charge is -2.16. The third-order valence-electron chi connectivity index (χ3n) is 2.91. The lowest BCUT2D eigenvalue weighted by atomic mass is 10.3. The van der Waals surface area contributed by atoms with Crippen LogP contribution in [0.5, 0.6) is 0 Å². The molecule has 2 rings (SSSR count). The van der Waals surface area contributed by atoms with Crippen molar-refractivity contribution in [2.45, 2.75) is 19.0 Å². The van der Waals surface area contributed by atoms with Crippen molar-refractivity contribution in [2.24, 2.45) is 5.73 Å². The van der Waals surface area contributed by atoms with E-state index in [1.54, 1.807) is 12.4 Å².